The lowest BCUT2D eigenvalue weighted by atomic mass is 10.2. The van der Waals surface area contributed by atoms with Crippen molar-refractivity contribution >= 4 is 28.4 Å². The monoisotopic (exact) mass is 329 g/mol. The van der Waals surface area contributed by atoms with Gasteiger partial charge in [0, 0.05) is 38.9 Å². The molecule has 4 heterocycles. The number of aromatic nitrogens is 3. The summed E-state index contributed by atoms with van der Waals surface area (Å²) in [6, 6.07) is 1.90. The Morgan fingerprint density at radius 2 is 2.12 bits per heavy atom. The van der Waals surface area contributed by atoms with Crippen molar-refractivity contribution in [1.29, 1.82) is 0 Å². The van der Waals surface area contributed by atoms with E-state index in [0.29, 0.717) is 5.82 Å². The lowest BCUT2D eigenvalue weighted by Crippen LogP contribution is -2.21. The van der Waals surface area contributed by atoms with E-state index < -0.39 is 0 Å². The summed E-state index contributed by atoms with van der Waals surface area (Å²) < 4.78 is 7.92. The minimum Gasteiger partial charge on any atom is -0.356 e. The lowest BCUT2D eigenvalue weighted by Gasteiger charge is -2.23. The highest BCUT2D eigenvalue weighted by molar-refractivity contribution is 5.94. The van der Waals surface area contributed by atoms with Crippen LogP contribution in [0.2, 0.25) is 0 Å². The number of amides is 1. The summed E-state index contributed by atoms with van der Waals surface area (Å²) in [6.45, 7) is 4.33. The number of ether oxygens (including phenoxy) is 1. The molecule has 0 bridgehead atoms. The summed E-state index contributed by atoms with van der Waals surface area (Å²) >= 11 is 0. The van der Waals surface area contributed by atoms with E-state index in [9.17, 15) is 4.79 Å². The fourth-order valence-corrected chi connectivity index (χ4v) is 3.56. The van der Waals surface area contributed by atoms with Gasteiger partial charge in [0.15, 0.2) is 12.0 Å². The number of anilines is 2. The molecule has 2 aliphatic heterocycles. The maximum absolute atomic E-state index is 11.3. The van der Waals surface area contributed by atoms with Gasteiger partial charge >= 0.3 is 0 Å². The topological polar surface area (TPSA) is 72.3 Å². The fourth-order valence-electron chi connectivity index (χ4n) is 3.56. The molecule has 128 valence electrons. The third-order valence-corrected chi connectivity index (χ3v) is 4.71. The molecular formula is C17H23N5O2. The Labute approximate surface area is 141 Å². The third kappa shape index (κ3) is 2.84. The average molecular weight is 329 g/mol. The summed E-state index contributed by atoms with van der Waals surface area (Å²) in [6.07, 6.45) is 7.40. The molecule has 0 radical (unpaired) electrons. The molecule has 1 amide bonds. The van der Waals surface area contributed by atoms with Crippen LogP contribution in [0, 0.1) is 0 Å². The standard InChI is InChI=1S/C17H23N5O2/c1-12(23)19-15-10-14-13(11-18-15)17(21-7-3-4-8-21)20-22(14)16-6-2-5-9-24-16/h10-11,16H,2-9H2,1H3,(H,18,19,23). The smallest absolute Gasteiger partial charge is 0.222 e. The zero-order valence-electron chi connectivity index (χ0n) is 14.0. The SMILES string of the molecule is CC(=O)Nc1cc2c(cn1)c(N1CCCC1)nn2C1CCCCO1. The van der Waals surface area contributed by atoms with Gasteiger partial charge in [-0.1, -0.05) is 0 Å². The number of carbonyl (C=O) groups excluding carboxylic acids is 1. The summed E-state index contributed by atoms with van der Waals surface area (Å²) in [4.78, 5) is 18.0. The number of fused-ring (bicyclic) bond motifs is 1. The minimum absolute atomic E-state index is 0.0369. The van der Waals surface area contributed by atoms with Gasteiger partial charge in [-0.2, -0.15) is 5.10 Å². The van der Waals surface area contributed by atoms with Crippen molar-refractivity contribution in [3.05, 3.63) is 12.3 Å². The number of nitrogens with zero attached hydrogens (tertiary/aromatic N) is 4. The molecule has 7 heteroatoms. The van der Waals surface area contributed by atoms with Gasteiger partial charge in [0.05, 0.1) is 10.9 Å². The van der Waals surface area contributed by atoms with Crippen LogP contribution >= 0.6 is 0 Å². The van der Waals surface area contributed by atoms with Gasteiger partial charge in [-0.05, 0) is 32.1 Å². The zero-order chi connectivity index (χ0) is 16.5. The second-order valence-electron chi connectivity index (χ2n) is 6.55. The van der Waals surface area contributed by atoms with Crippen molar-refractivity contribution < 1.29 is 9.53 Å². The van der Waals surface area contributed by atoms with Crippen molar-refractivity contribution in [2.45, 2.75) is 45.3 Å². The minimum atomic E-state index is -0.124. The van der Waals surface area contributed by atoms with Crippen LogP contribution in [0.4, 0.5) is 11.6 Å². The van der Waals surface area contributed by atoms with Crippen LogP contribution in [0.3, 0.4) is 0 Å². The van der Waals surface area contributed by atoms with Gasteiger partial charge in [-0.3, -0.25) is 4.79 Å². The van der Waals surface area contributed by atoms with Crippen LogP contribution in [0.15, 0.2) is 12.3 Å². The van der Waals surface area contributed by atoms with Crippen LogP contribution in [0.25, 0.3) is 10.9 Å². The second-order valence-corrected chi connectivity index (χ2v) is 6.55. The number of carbonyl (C=O) groups is 1. The normalized spacial score (nSPS) is 21.4. The first kappa shape index (κ1) is 15.4. The number of nitrogens with one attached hydrogen (secondary N) is 1. The number of pyridine rings is 1. The van der Waals surface area contributed by atoms with Crippen LogP contribution in [-0.2, 0) is 9.53 Å². The van der Waals surface area contributed by atoms with Crippen molar-refractivity contribution in [1.82, 2.24) is 14.8 Å². The maximum atomic E-state index is 11.3. The molecule has 2 aromatic heterocycles. The Hall–Kier alpha value is -2.15. The van der Waals surface area contributed by atoms with Crippen molar-refractivity contribution in [2.24, 2.45) is 0 Å². The van der Waals surface area contributed by atoms with Gasteiger partial charge in [0.2, 0.25) is 5.91 Å². The second kappa shape index (κ2) is 6.39. The molecule has 2 aromatic rings. The Morgan fingerprint density at radius 3 is 2.83 bits per heavy atom. The molecule has 2 aliphatic rings. The van der Waals surface area contributed by atoms with E-state index in [-0.39, 0.29) is 12.1 Å². The molecular weight excluding hydrogens is 306 g/mol. The summed E-state index contributed by atoms with van der Waals surface area (Å²) in [7, 11) is 0. The average Bonchev–Trinajstić information content (AvgIpc) is 3.22. The summed E-state index contributed by atoms with van der Waals surface area (Å²) in [5.74, 6) is 1.42. The molecule has 2 saturated heterocycles. The highest BCUT2D eigenvalue weighted by Crippen LogP contribution is 2.33. The van der Waals surface area contributed by atoms with E-state index in [0.717, 1.165) is 55.7 Å². The molecule has 7 nitrogen and oxygen atoms in total. The summed E-state index contributed by atoms with van der Waals surface area (Å²) in [5.41, 5.74) is 0.975. The highest BCUT2D eigenvalue weighted by Gasteiger charge is 2.25. The van der Waals surface area contributed by atoms with Gasteiger partial charge in [-0.15, -0.1) is 0 Å². The third-order valence-electron chi connectivity index (χ3n) is 4.71. The first-order valence-corrected chi connectivity index (χ1v) is 8.75. The van der Waals surface area contributed by atoms with E-state index >= 15 is 0 Å². The van der Waals surface area contributed by atoms with Gasteiger partial charge in [-0.25, -0.2) is 9.67 Å². The largest absolute Gasteiger partial charge is 0.356 e. The van der Waals surface area contributed by atoms with Gasteiger partial charge in [0.25, 0.3) is 0 Å². The fraction of sp³-hybridized carbons (Fsp3) is 0.588. The predicted molar refractivity (Wildman–Crippen MR) is 92.1 cm³/mol. The quantitative estimate of drug-likeness (QED) is 0.937. The number of hydrogen-bond donors (Lipinski definition) is 1. The summed E-state index contributed by atoms with van der Waals surface area (Å²) in [5, 5.41) is 8.67. The van der Waals surface area contributed by atoms with Crippen molar-refractivity contribution in [3.8, 4) is 0 Å². The maximum Gasteiger partial charge on any atom is 0.222 e. The Kier molecular flexibility index (Phi) is 4.10. The molecule has 0 aromatic carbocycles. The molecule has 1 N–H and O–H groups in total. The predicted octanol–water partition coefficient (Wildman–Crippen LogP) is 2.69. The van der Waals surface area contributed by atoms with Crippen LogP contribution in [0.5, 0.6) is 0 Å². The Balaban J connectivity index is 1.79. The molecule has 0 saturated carbocycles. The Bertz CT molecular complexity index is 745. The van der Waals surface area contributed by atoms with E-state index in [4.69, 9.17) is 9.84 Å². The molecule has 4 rings (SSSR count). The van der Waals surface area contributed by atoms with Crippen molar-refractivity contribution in [3.63, 3.8) is 0 Å². The Morgan fingerprint density at radius 1 is 1.29 bits per heavy atom. The van der Waals surface area contributed by atoms with Gasteiger partial charge < -0.3 is 15.0 Å². The molecule has 24 heavy (non-hydrogen) atoms. The molecule has 1 unspecified atom stereocenters. The molecule has 2 fully saturated rings. The first-order chi connectivity index (χ1) is 11.7. The van der Waals surface area contributed by atoms with E-state index in [2.05, 4.69) is 15.2 Å². The first-order valence-electron chi connectivity index (χ1n) is 8.75. The highest BCUT2D eigenvalue weighted by atomic mass is 16.5. The van der Waals surface area contributed by atoms with Crippen LogP contribution in [0.1, 0.15) is 45.3 Å². The van der Waals surface area contributed by atoms with Crippen LogP contribution < -0.4 is 10.2 Å². The lowest BCUT2D eigenvalue weighted by molar-refractivity contribution is -0.114. The zero-order valence-corrected chi connectivity index (χ0v) is 14.0. The number of hydrogen-bond acceptors (Lipinski definition) is 5. The molecule has 1 atom stereocenters. The van der Waals surface area contributed by atoms with E-state index in [1.807, 2.05) is 16.9 Å². The van der Waals surface area contributed by atoms with E-state index in [1.165, 1.54) is 19.8 Å². The van der Waals surface area contributed by atoms with Gasteiger partial charge in [0.1, 0.15) is 5.82 Å². The van der Waals surface area contributed by atoms with E-state index in [1.54, 1.807) is 0 Å². The van der Waals surface area contributed by atoms with Crippen molar-refractivity contribution in [2.75, 3.05) is 29.9 Å². The number of rotatable bonds is 3. The molecule has 0 spiro atoms. The van der Waals surface area contributed by atoms with Crippen LogP contribution in [-0.4, -0.2) is 40.4 Å². The molecule has 0 aliphatic carbocycles.